The standard InChI is InChI=1S/C27H28ClN3O4S/c1-2-14-29-36(34,35)25-17-20(10-13-24(25)31-15-6-7-16-31)27(33)30-23-12-11-21(28)18-22(23)26(32)19-8-4-3-5-9-19/h3-5,8-13,17-18,29H,2,6-7,14-16H2,1H3,(H,30,33). The van der Waals surface area contributed by atoms with E-state index in [1.54, 1.807) is 48.5 Å². The number of anilines is 2. The molecule has 1 aliphatic rings. The van der Waals surface area contributed by atoms with E-state index >= 15 is 0 Å². The van der Waals surface area contributed by atoms with Crippen LogP contribution in [0.25, 0.3) is 0 Å². The van der Waals surface area contributed by atoms with Crippen molar-refractivity contribution in [3.05, 3.63) is 88.4 Å². The van der Waals surface area contributed by atoms with Gasteiger partial charge < -0.3 is 10.2 Å². The summed E-state index contributed by atoms with van der Waals surface area (Å²) in [5.41, 5.74) is 1.74. The quantitative estimate of drug-likeness (QED) is 0.378. The van der Waals surface area contributed by atoms with Gasteiger partial charge in [0.15, 0.2) is 5.78 Å². The van der Waals surface area contributed by atoms with Crippen LogP contribution in [0.3, 0.4) is 0 Å². The van der Waals surface area contributed by atoms with E-state index in [4.69, 9.17) is 11.6 Å². The molecule has 9 heteroatoms. The van der Waals surface area contributed by atoms with E-state index in [1.807, 2.05) is 17.9 Å². The molecule has 2 N–H and O–H groups in total. The van der Waals surface area contributed by atoms with E-state index in [-0.39, 0.29) is 27.5 Å². The van der Waals surface area contributed by atoms with E-state index in [2.05, 4.69) is 10.0 Å². The third-order valence-electron chi connectivity index (χ3n) is 6.01. The van der Waals surface area contributed by atoms with Crippen LogP contribution in [0.1, 0.15) is 52.5 Å². The first kappa shape index (κ1) is 25.9. The first-order valence-corrected chi connectivity index (χ1v) is 13.8. The van der Waals surface area contributed by atoms with Gasteiger partial charge in [-0.15, -0.1) is 0 Å². The van der Waals surface area contributed by atoms with Gasteiger partial charge in [-0.3, -0.25) is 9.59 Å². The molecule has 3 aromatic carbocycles. The highest BCUT2D eigenvalue weighted by molar-refractivity contribution is 7.89. The SMILES string of the molecule is CCCNS(=O)(=O)c1cc(C(=O)Nc2ccc(Cl)cc2C(=O)c2ccccc2)ccc1N1CCCC1. The zero-order valence-electron chi connectivity index (χ0n) is 20.0. The predicted octanol–water partition coefficient (Wildman–Crippen LogP) is 5.11. The van der Waals surface area contributed by atoms with Crippen LogP contribution in [0.2, 0.25) is 5.02 Å². The Morgan fingerprint density at radius 2 is 1.67 bits per heavy atom. The normalized spacial score (nSPS) is 13.6. The minimum atomic E-state index is -3.83. The molecule has 1 fully saturated rings. The van der Waals surface area contributed by atoms with E-state index in [9.17, 15) is 18.0 Å². The van der Waals surface area contributed by atoms with Gasteiger partial charge in [0.2, 0.25) is 10.0 Å². The van der Waals surface area contributed by atoms with Gasteiger partial charge in [0.05, 0.1) is 11.4 Å². The van der Waals surface area contributed by atoms with E-state index in [0.29, 0.717) is 29.2 Å². The summed E-state index contributed by atoms with van der Waals surface area (Å²) >= 11 is 6.15. The highest BCUT2D eigenvalue weighted by Gasteiger charge is 2.25. The fourth-order valence-electron chi connectivity index (χ4n) is 4.16. The van der Waals surface area contributed by atoms with Crippen molar-refractivity contribution in [3.63, 3.8) is 0 Å². The molecule has 1 heterocycles. The Hall–Kier alpha value is -3.20. The summed E-state index contributed by atoms with van der Waals surface area (Å²) in [5.74, 6) is -0.816. The highest BCUT2D eigenvalue weighted by Crippen LogP contribution is 2.30. The van der Waals surface area contributed by atoms with Crippen molar-refractivity contribution in [2.75, 3.05) is 29.9 Å². The molecule has 36 heavy (non-hydrogen) atoms. The van der Waals surface area contributed by atoms with Crippen molar-refractivity contribution >= 4 is 44.7 Å². The summed E-state index contributed by atoms with van der Waals surface area (Å²) in [6.45, 7) is 3.71. The number of amides is 1. The van der Waals surface area contributed by atoms with Gasteiger partial charge in [0.25, 0.3) is 5.91 Å². The van der Waals surface area contributed by atoms with Crippen molar-refractivity contribution < 1.29 is 18.0 Å². The molecule has 0 unspecified atom stereocenters. The van der Waals surface area contributed by atoms with E-state index < -0.39 is 15.9 Å². The first-order valence-electron chi connectivity index (χ1n) is 11.9. The Morgan fingerprint density at radius 1 is 0.944 bits per heavy atom. The second-order valence-corrected chi connectivity index (χ2v) is 10.8. The molecular weight excluding hydrogens is 498 g/mol. The molecule has 3 aromatic rings. The molecule has 1 amide bonds. The number of hydrogen-bond donors (Lipinski definition) is 2. The molecule has 0 bridgehead atoms. The second-order valence-electron chi connectivity index (χ2n) is 8.61. The number of halogens is 1. The Balaban J connectivity index is 1.68. The zero-order valence-corrected chi connectivity index (χ0v) is 21.5. The molecule has 7 nitrogen and oxygen atoms in total. The summed E-state index contributed by atoms with van der Waals surface area (Å²) in [4.78, 5) is 28.5. The Kier molecular flexibility index (Phi) is 8.08. The minimum Gasteiger partial charge on any atom is -0.370 e. The number of carbonyl (C=O) groups excluding carboxylic acids is 2. The van der Waals surface area contributed by atoms with Crippen LogP contribution in [0.5, 0.6) is 0 Å². The molecule has 0 spiro atoms. The average molecular weight is 526 g/mol. The molecule has 1 aliphatic heterocycles. The van der Waals surface area contributed by atoms with Crippen molar-refractivity contribution in [2.45, 2.75) is 31.1 Å². The van der Waals surface area contributed by atoms with Crippen LogP contribution in [0.4, 0.5) is 11.4 Å². The third kappa shape index (κ3) is 5.78. The van der Waals surface area contributed by atoms with Crippen LogP contribution in [-0.2, 0) is 10.0 Å². The second kappa shape index (κ2) is 11.2. The van der Waals surface area contributed by atoms with Gasteiger partial charge >= 0.3 is 0 Å². The number of carbonyl (C=O) groups is 2. The summed E-state index contributed by atoms with van der Waals surface area (Å²) in [7, 11) is -3.83. The predicted molar refractivity (Wildman–Crippen MR) is 143 cm³/mol. The minimum absolute atomic E-state index is 0.0715. The van der Waals surface area contributed by atoms with Crippen LogP contribution < -0.4 is 14.9 Å². The van der Waals surface area contributed by atoms with Gasteiger partial charge in [-0.2, -0.15) is 0 Å². The number of ketones is 1. The maximum Gasteiger partial charge on any atom is 0.255 e. The molecule has 0 aromatic heterocycles. The summed E-state index contributed by atoms with van der Waals surface area (Å²) < 4.78 is 28.8. The molecule has 4 rings (SSSR count). The Morgan fingerprint density at radius 3 is 2.36 bits per heavy atom. The molecule has 1 saturated heterocycles. The number of hydrogen-bond acceptors (Lipinski definition) is 5. The Labute approximate surface area is 216 Å². The van der Waals surface area contributed by atoms with Gasteiger partial charge in [-0.25, -0.2) is 13.1 Å². The molecule has 0 radical (unpaired) electrons. The molecule has 0 saturated carbocycles. The number of nitrogens with zero attached hydrogens (tertiary/aromatic N) is 1. The lowest BCUT2D eigenvalue weighted by atomic mass is 10.0. The first-order chi connectivity index (χ1) is 17.3. The van der Waals surface area contributed by atoms with Crippen molar-refractivity contribution in [1.29, 1.82) is 0 Å². The lowest BCUT2D eigenvalue weighted by molar-refractivity contribution is 0.102. The fraction of sp³-hybridized carbons (Fsp3) is 0.259. The molecule has 0 aliphatic carbocycles. The van der Waals surface area contributed by atoms with Crippen LogP contribution >= 0.6 is 11.6 Å². The van der Waals surface area contributed by atoms with Gasteiger partial charge in [0, 0.05) is 41.3 Å². The van der Waals surface area contributed by atoms with Gasteiger partial charge in [-0.1, -0.05) is 48.9 Å². The maximum absolute atomic E-state index is 13.3. The van der Waals surface area contributed by atoms with Crippen LogP contribution in [-0.4, -0.2) is 39.7 Å². The van der Waals surface area contributed by atoms with Crippen LogP contribution in [0, 0.1) is 0 Å². The number of sulfonamides is 1. The fourth-order valence-corrected chi connectivity index (χ4v) is 5.71. The van der Waals surface area contributed by atoms with Crippen LogP contribution in [0.15, 0.2) is 71.6 Å². The lowest BCUT2D eigenvalue weighted by Crippen LogP contribution is -2.28. The lowest BCUT2D eigenvalue weighted by Gasteiger charge is -2.22. The Bertz CT molecular complexity index is 1370. The number of rotatable bonds is 9. The topological polar surface area (TPSA) is 95.6 Å². The van der Waals surface area contributed by atoms with Crippen molar-refractivity contribution in [3.8, 4) is 0 Å². The largest absolute Gasteiger partial charge is 0.370 e. The van der Waals surface area contributed by atoms with Gasteiger partial charge in [0.1, 0.15) is 4.90 Å². The number of nitrogens with one attached hydrogen (secondary N) is 2. The highest BCUT2D eigenvalue weighted by atomic mass is 35.5. The summed E-state index contributed by atoms with van der Waals surface area (Å²) in [6, 6.07) is 18.0. The van der Waals surface area contributed by atoms with Gasteiger partial charge in [-0.05, 0) is 55.7 Å². The molecular formula is C27H28ClN3O4S. The smallest absolute Gasteiger partial charge is 0.255 e. The molecule has 188 valence electrons. The third-order valence-corrected chi connectivity index (χ3v) is 7.74. The average Bonchev–Trinajstić information content (AvgIpc) is 3.43. The maximum atomic E-state index is 13.3. The van der Waals surface area contributed by atoms with Crippen molar-refractivity contribution in [2.24, 2.45) is 0 Å². The summed E-state index contributed by atoms with van der Waals surface area (Å²) in [5, 5.41) is 3.13. The number of benzene rings is 3. The summed E-state index contributed by atoms with van der Waals surface area (Å²) in [6.07, 6.45) is 2.62. The monoisotopic (exact) mass is 525 g/mol. The van der Waals surface area contributed by atoms with E-state index in [1.165, 1.54) is 12.1 Å². The molecule has 0 atom stereocenters. The van der Waals surface area contributed by atoms with Crippen molar-refractivity contribution in [1.82, 2.24) is 4.72 Å². The van der Waals surface area contributed by atoms with E-state index in [0.717, 1.165) is 25.9 Å². The zero-order chi connectivity index (χ0) is 25.7.